The molecule has 0 atom stereocenters. The van der Waals surface area contributed by atoms with Gasteiger partial charge in [-0.05, 0) is 10.6 Å². The molecule has 84 valence electrons. The number of hydrogen-bond donors (Lipinski definition) is 0. The minimum Gasteiger partial charge on any atom is -0.0876 e. The second kappa shape index (κ2) is 4.42. The van der Waals surface area contributed by atoms with Crippen LogP contribution in [0.5, 0.6) is 0 Å². The van der Waals surface area contributed by atoms with E-state index in [2.05, 4.69) is 74.1 Å². The van der Waals surface area contributed by atoms with E-state index in [-0.39, 0.29) is 0 Å². The molecule has 0 bridgehead atoms. The van der Waals surface area contributed by atoms with E-state index in [4.69, 9.17) is 0 Å². The van der Waals surface area contributed by atoms with Crippen LogP contribution in [0.2, 0.25) is 18.1 Å². The van der Waals surface area contributed by atoms with Gasteiger partial charge in [-0.25, -0.2) is 0 Å². The predicted molar refractivity (Wildman–Crippen MR) is 75.9 cm³/mol. The number of halogens is 1. The molecule has 0 amide bonds. The maximum absolute atomic E-state index is 3.48. The molecule has 0 fully saturated rings. The Morgan fingerprint density at radius 1 is 1.07 bits per heavy atom. The minimum atomic E-state index is -1.33. The van der Waals surface area contributed by atoms with Gasteiger partial charge in [0.25, 0.3) is 0 Å². The highest BCUT2D eigenvalue weighted by Gasteiger charge is 2.36. The molecule has 0 aromatic heterocycles. The van der Waals surface area contributed by atoms with E-state index in [0.29, 0.717) is 5.04 Å². The molecule has 0 aliphatic rings. The molecule has 2 heteroatoms. The third-order valence-corrected chi connectivity index (χ3v) is 9.88. The zero-order valence-electron chi connectivity index (χ0n) is 10.4. The van der Waals surface area contributed by atoms with Crippen LogP contribution in [0.1, 0.15) is 26.3 Å². The normalized spacial score (nSPS) is 12.9. The molecule has 0 nitrogen and oxygen atoms in total. The van der Waals surface area contributed by atoms with Gasteiger partial charge in [-0.2, -0.15) is 0 Å². The van der Waals surface area contributed by atoms with Crippen LogP contribution in [0.4, 0.5) is 0 Å². The highest BCUT2D eigenvalue weighted by molar-refractivity contribution is 9.08. The number of hydrogen-bond acceptors (Lipinski definition) is 0. The van der Waals surface area contributed by atoms with E-state index in [0.717, 1.165) is 5.33 Å². The maximum atomic E-state index is 3.48. The van der Waals surface area contributed by atoms with Crippen LogP contribution in [0.3, 0.4) is 0 Å². The maximum Gasteiger partial charge on any atom is 0.0859 e. The van der Waals surface area contributed by atoms with E-state index < -0.39 is 8.07 Å². The van der Waals surface area contributed by atoms with Crippen LogP contribution >= 0.6 is 15.9 Å². The summed E-state index contributed by atoms with van der Waals surface area (Å²) >= 11 is 3.48. The molecule has 0 spiro atoms. The Morgan fingerprint density at radius 3 is 1.87 bits per heavy atom. The largest absolute Gasteiger partial charge is 0.0876 e. The van der Waals surface area contributed by atoms with E-state index in [1.165, 1.54) is 5.56 Å². The van der Waals surface area contributed by atoms with Crippen LogP contribution in [0.15, 0.2) is 24.3 Å². The molecule has 1 aromatic rings. The van der Waals surface area contributed by atoms with Crippen LogP contribution < -0.4 is 5.19 Å². The van der Waals surface area contributed by atoms with Gasteiger partial charge in [0, 0.05) is 5.33 Å². The fourth-order valence-electron chi connectivity index (χ4n) is 1.44. The highest BCUT2D eigenvalue weighted by atomic mass is 79.9. The van der Waals surface area contributed by atoms with Gasteiger partial charge < -0.3 is 0 Å². The van der Waals surface area contributed by atoms with Crippen molar-refractivity contribution >= 4 is 29.2 Å². The zero-order valence-corrected chi connectivity index (χ0v) is 13.0. The van der Waals surface area contributed by atoms with E-state index in [9.17, 15) is 0 Å². The van der Waals surface area contributed by atoms with Crippen LogP contribution in [0.25, 0.3) is 0 Å². The Labute approximate surface area is 103 Å². The minimum absolute atomic E-state index is 0.420. The van der Waals surface area contributed by atoms with E-state index in [1.807, 2.05) is 0 Å². The topological polar surface area (TPSA) is 0 Å². The molecule has 0 radical (unpaired) electrons. The van der Waals surface area contributed by atoms with Gasteiger partial charge in [0.15, 0.2) is 0 Å². The smallest absolute Gasteiger partial charge is 0.0859 e. The summed E-state index contributed by atoms with van der Waals surface area (Å²) in [5, 5.41) is 2.92. The van der Waals surface area contributed by atoms with Crippen molar-refractivity contribution in [1.29, 1.82) is 0 Å². The molecule has 1 rings (SSSR count). The lowest BCUT2D eigenvalue weighted by Crippen LogP contribution is -2.49. The third-order valence-electron chi connectivity index (χ3n) is 3.70. The zero-order chi connectivity index (χ0) is 11.7. The Morgan fingerprint density at radius 2 is 1.53 bits per heavy atom. The fourth-order valence-corrected chi connectivity index (χ4v) is 3.68. The molecular formula is C13H21BrSi. The number of rotatable bonds is 2. The quantitative estimate of drug-likeness (QED) is 0.561. The third kappa shape index (κ3) is 2.73. The number of benzene rings is 1. The second-order valence-corrected chi connectivity index (χ2v) is 11.6. The summed E-state index contributed by atoms with van der Waals surface area (Å²) in [6.45, 7) is 12.0. The fraction of sp³-hybridized carbons (Fsp3) is 0.538. The summed E-state index contributed by atoms with van der Waals surface area (Å²) in [6.07, 6.45) is 0. The molecule has 0 aliphatic carbocycles. The van der Waals surface area contributed by atoms with Gasteiger partial charge >= 0.3 is 0 Å². The molecule has 0 unspecified atom stereocenters. The Bertz CT molecular complexity index is 319. The number of alkyl halides is 1. The average molecular weight is 285 g/mol. The summed E-state index contributed by atoms with van der Waals surface area (Å²) in [6, 6.07) is 9.11. The first-order chi connectivity index (χ1) is 6.79. The van der Waals surface area contributed by atoms with Gasteiger partial charge in [0.1, 0.15) is 0 Å². The first kappa shape index (κ1) is 13.0. The molecular weight excluding hydrogens is 264 g/mol. The van der Waals surface area contributed by atoms with Crippen molar-refractivity contribution in [3.8, 4) is 0 Å². The summed E-state index contributed by atoms with van der Waals surface area (Å²) in [7, 11) is -1.33. The standard InChI is InChI=1S/C13H21BrSi/c1-13(2,3)15(4,5)12-8-6-11(10-14)7-9-12/h6-9H,10H2,1-5H3. The highest BCUT2D eigenvalue weighted by Crippen LogP contribution is 2.35. The van der Waals surface area contributed by atoms with Crippen molar-refractivity contribution < 1.29 is 0 Å². The SMILES string of the molecule is CC(C)(C)[Si](C)(C)c1ccc(CBr)cc1. The molecule has 0 aliphatic heterocycles. The lowest BCUT2D eigenvalue weighted by atomic mass is 10.2. The van der Waals surface area contributed by atoms with Gasteiger partial charge in [-0.1, -0.05) is 79.2 Å². The van der Waals surface area contributed by atoms with E-state index >= 15 is 0 Å². The van der Waals surface area contributed by atoms with Crippen molar-refractivity contribution in [2.75, 3.05) is 0 Å². The van der Waals surface area contributed by atoms with Crippen LogP contribution in [0, 0.1) is 0 Å². The average Bonchev–Trinajstić information content (AvgIpc) is 2.16. The Balaban J connectivity index is 3.06. The van der Waals surface area contributed by atoms with E-state index in [1.54, 1.807) is 5.19 Å². The molecule has 1 aromatic carbocycles. The summed E-state index contributed by atoms with van der Waals surface area (Å²) in [5.41, 5.74) is 1.36. The monoisotopic (exact) mass is 284 g/mol. The first-order valence-electron chi connectivity index (χ1n) is 5.44. The molecule has 0 heterocycles. The molecule has 15 heavy (non-hydrogen) atoms. The van der Waals surface area contributed by atoms with Crippen LogP contribution in [-0.4, -0.2) is 8.07 Å². The van der Waals surface area contributed by atoms with Gasteiger partial charge in [0.05, 0.1) is 8.07 Å². The molecule has 0 saturated heterocycles. The molecule has 0 N–H and O–H groups in total. The van der Waals surface area contributed by atoms with Crippen molar-refractivity contribution in [1.82, 2.24) is 0 Å². The molecule has 0 saturated carbocycles. The van der Waals surface area contributed by atoms with Gasteiger partial charge in [-0.3, -0.25) is 0 Å². The lowest BCUT2D eigenvalue weighted by molar-refractivity contribution is 0.729. The van der Waals surface area contributed by atoms with Crippen LogP contribution in [-0.2, 0) is 5.33 Å². The summed E-state index contributed by atoms with van der Waals surface area (Å²) in [4.78, 5) is 0. The second-order valence-electron chi connectivity index (χ2n) is 5.71. The first-order valence-corrected chi connectivity index (χ1v) is 9.56. The predicted octanol–water partition coefficient (Wildman–Crippen LogP) is 4.30. The van der Waals surface area contributed by atoms with Crippen molar-refractivity contribution in [2.24, 2.45) is 0 Å². The lowest BCUT2D eigenvalue weighted by Gasteiger charge is -2.37. The summed E-state index contributed by atoms with van der Waals surface area (Å²) < 4.78 is 0. The van der Waals surface area contributed by atoms with Gasteiger partial charge in [0.2, 0.25) is 0 Å². The van der Waals surface area contributed by atoms with Crippen molar-refractivity contribution in [3.63, 3.8) is 0 Å². The van der Waals surface area contributed by atoms with Crippen molar-refractivity contribution in [2.45, 2.75) is 44.2 Å². The van der Waals surface area contributed by atoms with Crippen molar-refractivity contribution in [3.05, 3.63) is 29.8 Å². The Hall–Kier alpha value is -0.0831. The Kier molecular flexibility index (Phi) is 3.83. The summed E-state index contributed by atoms with van der Waals surface area (Å²) in [5.74, 6) is 0. The van der Waals surface area contributed by atoms with Gasteiger partial charge in [-0.15, -0.1) is 0 Å².